The molecular formula is C14H29N3O2. The van der Waals surface area contributed by atoms with Crippen LogP contribution >= 0.6 is 0 Å². The first-order valence-electron chi connectivity index (χ1n) is 7.54. The van der Waals surface area contributed by atoms with Crippen LogP contribution in [-0.2, 0) is 9.47 Å². The van der Waals surface area contributed by atoms with Gasteiger partial charge in [-0.15, -0.1) is 0 Å². The molecule has 0 aromatic heterocycles. The summed E-state index contributed by atoms with van der Waals surface area (Å²) in [6.07, 6.45) is 1.24. The van der Waals surface area contributed by atoms with Gasteiger partial charge in [0.25, 0.3) is 0 Å². The van der Waals surface area contributed by atoms with Gasteiger partial charge in [0.1, 0.15) is 0 Å². The normalized spacial score (nSPS) is 29.5. The van der Waals surface area contributed by atoms with E-state index in [4.69, 9.17) is 15.2 Å². The molecule has 5 nitrogen and oxygen atoms in total. The third kappa shape index (κ3) is 3.67. The zero-order chi connectivity index (χ0) is 13.7. The molecule has 0 bridgehead atoms. The summed E-state index contributed by atoms with van der Waals surface area (Å²) < 4.78 is 11.1. The standard InChI is InChI=1S/C14H29N3O2/c1-3-18-12-14(2,11-15)17-5-4-13(10-17)16-6-8-19-9-7-16/h13H,3-12,15H2,1-2H3. The Hall–Kier alpha value is -0.200. The molecule has 0 spiro atoms. The minimum atomic E-state index is -0.0168. The van der Waals surface area contributed by atoms with Crippen molar-refractivity contribution in [2.45, 2.75) is 31.8 Å². The Kier molecular flexibility index (Phi) is 5.59. The van der Waals surface area contributed by atoms with E-state index >= 15 is 0 Å². The second-order valence-electron chi connectivity index (χ2n) is 5.88. The number of nitrogens with two attached hydrogens (primary N) is 1. The van der Waals surface area contributed by atoms with Crippen LogP contribution < -0.4 is 5.73 Å². The van der Waals surface area contributed by atoms with Crippen molar-refractivity contribution in [3.05, 3.63) is 0 Å². The monoisotopic (exact) mass is 271 g/mol. The summed E-state index contributed by atoms with van der Waals surface area (Å²) in [6.45, 7) is 12.6. The van der Waals surface area contributed by atoms with Gasteiger partial charge in [0.2, 0.25) is 0 Å². The maximum Gasteiger partial charge on any atom is 0.0659 e. The summed E-state index contributed by atoms with van der Waals surface area (Å²) in [5.74, 6) is 0. The predicted octanol–water partition coefficient (Wildman–Crippen LogP) is 0.147. The first kappa shape index (κ1) is 15.2. The quantitative estimate of drug-likeness (QED) is 0.745. The number of hydrogen-bond donors (Lipinski definition) is 1. The summed E-state index contributed by atoms with van der Waals surface area (Å²) in [5, 5.41) is 0. The van der Waals surface area contributed by atoms with Crippen molar-refractivity contribution in [3.8, 4) is 0 Å². The van der Waals surface area contributed by atoms with E-state index in [1.807, 2.05) is 6.92 Å². The van der Waals surface area contributed by atoms with E-state index < -0.39 is 0 Å². The third-order valence-electron chi connectivity index (χ3n) is 4.55. The van der Waals surface area contributed by atoms with Crippen LogP contribution in [0.2, 0.25) is 0 Å². The summed E-state index contributed by atoms with van der Waals surface area (Å²) in [7, 11) is 0. The van der Waals surface area contributed by atoms with Crippen LogP contribution in [0.5, 0.6) is 0 Å². The Morgan fingerprint density at radius 1 is 1.32 bits per heavy atom. The summed E-state index contributed by atoms with van der Waals surface area (Å²) in [4.78, 5) is 5.09. The van der Waals surface area contributed by atoms with E-state index in [0.29, 0.717) is 12.6 Å². The topological polar surface area (TPSA) is 51.0 Å². The Balaban J connectivity index is 1.88. The largest absolute Gasteiger partial charge is 0.380 e. The molecule has 2 atom stereocenters. The zero-order valence-electron chi connectivity index (χ0n) is 12.4. The lowest BCUT2D eigenvalue weighted by molar-refractivity contribution is 0.00257. The molecule has 0 radical (unpaired) electrons. The van der Waals surface area contributed by atoms with Crippen LogP contribution in [0.3, 0.4) is 0 Å². The van der Waals surface area contributed by atoms with Gasteiger partial charge < -0.3 is 15.2 Å². The summed E-state index contributed by atoms with van der Waals surface area (Å²) >= 11 is 0. The number of nitrogens with zero attached hydrogens (tertiary/aromatic N) is 2. The Morgan fingerprint density at radius 2 is 2.05 bits per heavy atom. The van der Waals surface area contributed by atoms with Crippen molar-refractivity contribution in [3.63, 3.8) is 0 Å². The lowest BCUT2D eigenvalue weighted by atomic mass is 10.0. The van der Waals surface area contributed by atoms with Crippen molar-refractivity contribution in [1.82, 2.24) is 9.80 Å². The molecule has 2 aliphatic heterocycles. The molecule has 0 saturated carbocycles. The average Bonchev–Trinajstić information content (AvgIpc) is 2.96. The molecule has 0 aromatic rings. The highest BCUT2D eigenvalue weighted by molar-refractivity contribution is 4.95. The maximum atomic E-state index is 6.00. The smallest absolute Gasteiger partial charge is 0.0659 e. The molecule has 5 heteroatoms. The van der Waals surface area contributed by atoms with Crippen molar-refractivity contribution in [1.29, 1.82) is 0 Å². The van der Waals surface area contributed by atoms with Gasteiger partial charge in [-0.3, -0.25) is 9.80 Å². The molecule has 112 valence electrons. The molecule has 2 rings (SSSR count). The summed E-state index contributed by atoms with van der Waals surface area (Å²) in [6, 6.07) is 0.663. The van der Waals surface area contributed by atoms with Crippen LogP contribution in [-0.4, -0.2) is 80.5 Å². The van der Waals surface area contributed by atoms with Gasteiger partial charge in [-0.2, -0.15) is 0 Å². The molecular weight excluding hydrogens is 242 g/mol. The maximum absolute atomic E-state index is 6.00. The van der Waals surface area contributed by atoms with Gasteiger partial charge in [0, 0.05) is 45.4 Å². The number of likely N-dealkylation sites (tertiary alicyclic amines) is 1. The molecule has 2 fully saturated rings. The lowest BCUT2D eigenvalue weighted by Crippen LogP contribution is -2.55. The van der Waals surface area contributed by atoms with Crippen molar-refractivity contribution >= 4 is 0 Å². The fourth-order valence-corrected chi connectivity index (χ4v) is 3.07. The van der Waals surface area contributed by atoms with Crippen molar-refractivity contribution < 1.29 is 9.47 Å². The van der Waals surface area contributed by atoms with E-state index in [-0.39, 0.29) is 5.54 Å². The average molecular weight is 271 g/mol. The van der Waals surface area contributed by atoms with Crippen molar-refractivity contribution in [2.24, 2.45) is 5.73 Å². The minimum absolute atomic E-state index is 0.0168. The Morgan fingerprint density at radius 3 is 2.68 bits per heavy atom. The third-order valence-corrected chi connectivity index (χ3v) is 4.55. The van der Waals surface area contributed by atoms with E-state index in [2.05, 4.69) is 16.7 Å². The molecule has 2 N–H and O–H groups in total. The van der Waals surface area contributed by atoms with Gasteiger partial charge in [-0.1, -0.05) is 0 Å². The molecule has 2 heterocycles. The molecule has 0 aliphatic carbocycles. The van der Waals surface area contributed by atoms with E-state index in [1.165, 1.54) is 6.42 Å². The first-order valence-corrected chi connectivity index (χ1v) is 7.54. The molecule has 0 amide bonds. The minimum Gasteiger partial charge on any atom is -0.380 e. The highest BCUT2D eigenvalue weighted by atomic mass is 16.5. The van der Waals surface area contributed by atoms with Gasteiger partial charge in [0.05, 0.1) is 25.4 Å². The van der Waals surface area contributed by atoms with Gasteiger partial charge in [0.15, 0.2) is 0 Å². The van der Waals surface area contributed by atoms with E-state index in [0.717, 1.165) is 52.6 Å². The number of morpholine rings is 1. The van der Waals surface area contributed by atoms with Crippen molar-refractivity contribution in [2.75, 3.05) is 59.2 Å². The lowest BCUT2D eigenvalue weighted by Gasteiger charge is -2.39. The van der Waals surface area contributed by atoms with Gasteiger partial charge in [-0.05, 0) is 20.3 Å². The number of ether oxygens (including phenoxy) is 2. The second kappa shape index (κ2) is 6.99. The molecule has 2 saturated heterocycles. The van der Waals surface area contributed by atoms with Crippen LogP contribution in [0.1, 0.15) is 20.3 Å². The number of hydrogen-bond acceptors (Lipinski definition) is 5. The molecule has 0 aromatic carbocycles. The highest BCUT2D eigenvalue weighted by Gasteiger charge is 2.38. The SMILES string of the molecule is CCOCC(C)(CN)N1CCC(N2CCOCC2)C1. The predicted molar refractivity (Wildman–Crippen MR) is 76.3 cm³/mol. The van der Waals surface area contributed by atoms with Crippen LogP contribution in [0, 0.1) is 0 Å². The first-order chi connectivity index (χ1) is 9.19. The molecule has 19 heavy (non-hydrogen) atoms. The Labute approximate surface area is 117 Å². The Bertz CT molecular complexity index is 271. The van der Waals surface area contributed by atoms with Gasteiger partial charge in [-0.25, -0.2) is 0 Å². The highest BCUT2D eigenvalue weighted by Crippen LogP contribution is 2.24. The van der Waals surface area contributed by atoms with Gasteiger partial charge >= 0.3 is 0 Å². The van der Waals surface area contributed by atoms with Crippen LogP contribution in [0.4, 0.5) is 0 Å². The van der Waals surface area contributed by atoms with E-state index in [9.17, 15) is 0 Å². The zero-order valence-corrected chi connectivity index (χ0v) is 12.4. The fourth-order valence-electron chi connectivity index (χ4n) is 3.07. The van der Waals surface area contributed by atoms with Crippen LogP contribution in [0.15, 0.2) is 0 Å². The van der Waals surface area contributed by atoms with E-state index in [1.54, 1.807) is 0 Å². The second-order valence-corrected chi connectivity index (χ2v) is 5.88. The molecule has 2 unspecified atom stereocenters. The molecule has 2 aliphatic rings. The fraction of sp³-hybridized carbons (Fsp3) is 1.00. The van der Waals surface area contributed by atoms with Crippen LogP contribution in [0.25, 0.3) is 0 Å². The summed E-state index contributed by atoms with van der Waals surface area (Å²) in [5.41, 5.74) is 5.98. The number of rotatable bonds is 6.